The lowest BCUT2D eigenvalue weighted by Crippen LogP contribution is -2.31. The summed E-state index contributed by atoms with van der Waals surface area (Å²) in [6.07, 6.45) is 0.00737. The Labute approximate surface area is 80.0 Å². The van der Waals surface area contributed by atoms with Gasteiger partial charge in [0.2, 0.25) is 0 Å². The minimum absolute atomic E-state index is 0.181. The molecule has 0 aliphatic carbocycles. The predicted octanol–water partition coefficient (Wildman–Crippen LogP) is 0.349. The second-order valence-electron chi connectivity index (χ2n) is 3.18. The number of hydrogen-bond donors (Lipinski definition) is 0. The highest BCUT2D eigenvalue weighted by molar-refractivity contribution is 8.00. The molecule has 0 bridgehead atoms. The summed E-state index contributed by atoms with van der Waals surface area (Å²) in [7, 11) is 0. The molecule has 2 aliphatic rings. The van der Waals surface area contributed by atoms with E-state index in [1.165, 1.54) is 6.92 Å². The number of hydrogen-bond acceptors (Lipinski definition) is 5. The number of fused-ring (bicyclic) bond motifs is 1. The van der Waals surface area contributed by atoms with Gasteiger partial charge in [0.1, 0.15) is 6.10 Å². The normalized spacial score (nSPS) is 37.0. The summed E-state index contributed by atoms with van der Waals surface area (Å²) < 4.78 is 10.1. The zero-order valence-corrected chi connectivity index (χ0v) is 8.00. The van der Waals surface area contributed by atoms with Crippen molar-refractivity contribution in [2.75, 3.05) is 5.75 Å². The molecule has 3 atom stereocenters. The summed E-state index contributed by atoms with van der Waals surface area (Å²) in [4.78, 5) is 21.6. The molecular weight excluding hydrogens is 192 g/mol. The van der Waals surface area contributed by atoms with Gasteiger partial charge >= 0.3 is 11.9 Å². The first-order valence-electron chi connectivity index (χ1n) is 4.15. The highest BCUT2D eigenvalue weighted by atomic mass is 32.2. The average molecular weight is 202 g/mol. The van der Waals surface area contributed by atoms with Crippen molar-refractivity contribution in [3.8, 4) is 0 Å². The molecule has 0 amide bonds. The Morgan fingerprint density at radius 3 is 3.15 bits per heavy atom. The highest BCUT2D eigenvalue weighted by Crippen LogP contribution is 2.38. The van der Waals surface area contributed by atoms with Crippen LogP contribution in [0.3, 0.4) is 0 Å². The third-order valence-corrected chi connectivity index (χ3v) is 3.54. The van der Waals surface area contributed by atoms with Crippen molar-refractivity contribution in [3.63, 3.8) is 0 Å². The van der Waals surface area contributed by atoms with Crippen LogP contribution in [0.15, 0.2) is 0 Å². The molecule has 2 aliphatic heterocycles. The van der Waals surface area contributed by atoms with E-state index in [0.717, 1.165) is 5.75 Å². The number of rotatable bonds is 1. The summed E-state index contributed by atoms with van der Waals surface area (Å²) in [6, 6.07) is 0. The van der Waals surface area contributed by atoms with Crippen LogP contribution in [0.25, 0.3) is 0 Å². The van der Waals surface area contributed by atoms with Gasteiger partial charge < -0.3 is 9.47 Å². The summed E-state index contributed by atoms with van der Waals surface area (Å²) >= 11 is 1.64. The summed E-state index contributed by atoms with van der Waals surface area (Å²) in [5.74, 6) is 0.246. The molecule has 0 spiro atoms. The smallest absolute Gasteiger partial charge is 0.307 e. The second kappa shape index (κ2) is 3.21. The van der Waals surface area contributed by atoms with Crippen LogP contribution >= 0.6 is 11.8 Å². The maximum Gasteiger partial charge on any atom is 0.307 e. The van der Waals surface area contributed by atoms with Crippen LogP contribution in [-0.2, 0) is 19.1 Å². The van der Waals surface area contributed by atoms with E-state index >= 15 is 0 Å². The second-order valence-corrected chi connectivity index (χ2v) is 4.45. The van der Waals surface area contributed by atoms with Crippen molar-refractivity contribution in [2.24, 2.45) is 0 Å². The van der Waals surface area contributed by atoms with Gasteiger partial charge in [-0.1, -0.05) is 0 Å². The number of esters is 2. The standard InChI is InChI=1S/C8H10O4S/c1-4(9)11-5-3-13-6-2-7(10)12-8(5)6/h5-6,8H,2-3H2,1H3/t5-,6+,8+/m0/s1. The molecule has 2 saturated heterocycles. The van der Waals surface area contributed by atoms with E-state index in [-0.39, 0.29) is 29.4 Å². The van der Waals surface area contributed by atoms with E-state index < -0.39 is 0 Å². The van der Waals surface area contributed by atoms with Gasteiger partial charge in [0.15, 0.2) is 6.10 Å². The van der Waals surface area contributed by atoms with Crippen molar-refractivity contribution >= 4 is 23.7 Å². The minimum Gasteiger partial charge on any atom is -0.458 e. The molecular formula is C8H10O4S. The molecule has 13 heavy (non-hydrogen) atoms. The van der Waals surface area contributed by atoms with E-state index in [1.54, 1.807) is 11.8 Å². The van der Waals surface area contributed by atoms with Gasteiger partial charge in [0.05, 0.1) is 11.7 Å². The van der Waals surface area contributed by atoms with Crippen molar-refractivity contribution < 1.29 is 19.1 Å². The zero-order chi connectivity index (χ0) is 9.42. The lowest BCUT2D eigenvalue weighted by atomic mass is 10.1. The first kappa shape index (κ1) is 8.87. The third kappa shape index (κ3) is 1.65. The Kier molecular flexibility index (Phi) is 2.19. The van der Waals surface area contributed by atoms with Gasteiger partial charge in [0, 0.05) is 12.7 Å². The van der Waals surface area contributed by atoms with Gasteiger partial charge in [-0.2, -0.15) is 0 Å². The van der Waals surface area contributed by atoms with Crippen molar-refractivity contribution in [3.05, 3.63) is 0 Å². The first-order chi connectivity index (χ1) is 6.16. The van der Waals surface area contributed by atoms with Crippen LogP contribution < -0.4 is 0 Å². The first-order valence-corrected chi connectivity index (χ1v) is 5.20. The van der Waals surface area contributed by atoms with E-state index in [0.29, 0.717) is 6.42 Å². The van der Waals surface area contributed by atoms with Crippen molar-refractivity contribution in [2.45, 2.75) is 30.8 Å². The molecule has 0 aromatic rings. The number of thioether (sulfide) groups is 1. The fourth-order valence-electron chi connectivity index (χ4n) is 1.65. The summed E-state index contributed by atoms with van der Waals surface area (Å²) in [5.41, 5.74) is 0. The molecule has 5 heteroatoms. The quantitative estimate of drug-likeness (QED) is 0.574. The summed E-state index contributed by atoms with van der Waals surface area (Å²) in [5, 5.41) is 0.192. The molecule has 0 saturated carbocycles. The fourth-order valence-corrected chi connectivity index (χ4v) is 3.02. The van der Waals surface area contributed by atoms with E-state index in [4.69, 9.17) is 9.47 Å². The lowest BCUT2D eigenvalue weighted by Gasteiger charge is -2.15. The Bertz CT molecular complexity index is 253. The predicted molar refractivity (Wildman–Crippen MR) is 46.3 cm³/mol. The van der Waals surface area contributed by atoms with E-state index in [2.05, 4.69) is 0 Å². The molecule has 0 aromatic heterocycles. The Balaban J connectivity index is 2.00. The Hall–Kier alpha value is -0.710. The largest absolute Gasteiger partial charge is 0.458 e. The molecule has 2 rings (SSSR count). The monoisotopic (exact) mass is 202 g/mol. The minimum atomic E-state index is -0.311. The third-order valence-electron chi connectivity index (χ3n) is 2.16. The van der Waals surface area contributed by atoms with E-state index in [1.807, 2.05) is 0 Å². The number of carbonyl (C=O) groups excluding carboxylic acids is 2. The van der Waals surface area contributed by atoms with Crippen molar-refractivity contribution in [1.29, 1.82) is 0 Å². The van der Waals surface area contributed by atoms with Crippen LogP contribution in [-0.4, -0.2) is 35.1 Å². The molecule has 2 heterocycles. The van der Waals surface area contributed by atoms with Crippen molar-refractivity contribution in [1.82, 2.24) is 0 Å². The molecule has 0 N–H and O–H groups in total. The van der Waals surface area contributed by atoms with Gasteiger partial charge in [-0.05, 0) is 0 Å². The van der Waals surface area contributed by atoms with Crippen LogP contribution in [0.2, 0.25) is 0 Å². The van der Waals surface area contributed by atoms with Gasteiger partial charge in [-0.3, -0.25) is 9.59 Å². The van der Waals surface area contributed by atoms with Gasteiger partial charge in [-0.25, -0.2) is 0 Å². The molecule has 72 valence electrons. The maximum absolute atomic E-state index is 10.9. The highest BCUT2D eigenvalue weighted by Gasteiger charge is 2.47. The number of carbonyl (C=O) groups is 2. The van der Waals surface area contributed by atoms with Crippen LogP contribution in [0, 0.1) is 0 Å². The Morgan fingerprint density at radius 2 is 2.46 bits per heavy atom. The van der Waals surface area contributed by atoms with Crippen LogP contribution in [0.1, 0.15) is 13.3 Å². The molecule has 0 radical (unpaired) electrons. The zero-order valence-electron chi connectivity index (χ0n) is 7.19. The molecule has 4 nitrogen and oxygen atoms in total. The topological polar surface area (TPSA) is 52.6 Å². The molecule has 2 fully saturated rings. The van der Waals surface area contributed by atoms with Gasteiger partial charge in [0.25, 0.3) is 0 Å². The molecule has 0 aromatic carbocycles. The number of ether oxygens (including phenoxy) is 2. The summed E-state index contributed by atoms with van der Waals surface area (Å²) in [6.45, 7) is 1.37. The van der Waals surface area contributed by atoms with Crippen LogP contribution in [0.5, 0.6) is 0 Å². The Morgan fingerprint density at radius 1 is 1.69 bits per heavy atom. The van der Waals surface area contributed by atoms with Crippen LogP contribution in [0.4, 0.5) is 0 Å². The SMILES string of the molecule is CC(=O)O[C@H]1CS[C@@H]2CC(=O)O[C@H]12. The fraction of sp³-hybridized carbons (Fsp3) is 0.750. The molecule has 0 unspecified atom stereocenters. The lowest BCUT2D eigenvalue weighted by molar-refractivity contribution is -0.157. The van der Waals surface area contributed by atoms with Gasteiger partial charge in [-0.15, -0.1) is 11.8 Å². The average Bonchev–Trinajstić information content (AvgIpc) is 2.51. The maximum atomic E-state index is 10.9. The van der Waals surface area contributed by atoms with E-state index in [9.17, 15) is 9.59 Å².